The summed E-state index contributed by atoms with van der Waals surface area (Å²) in [5, 5.41) is 0.143. The highest BCUT2D eigenvalue weighted by atomic mass is 33.1. The predicted octanol–water partition coefficient (Wildman–Crippen LogP) is 3.35. The molecule has 78 valence electrons. The normalized spacial score (nSPS) is 11.8. The summed E-state index contributed by atoms with van der Waals surface area (Å²) in [4.78, 5) is 7.74. The summed E-state index contributed by atoms with van der Waals surface area (Å²) < 4.78 is 35.5. The van der Waals surface area contributed by atoms with Gasteiger partial charge in [-0.3, -0.25) is 0 Å². The molecular weight excluding hydrogens is 233 g/mol. The molecule has 1 aromatic heterocycles. The van der Waals surface area contributed by atoms with Crippen molar-refractivity contribution in [2.75, 3.05) is 0 Å². The van der Waals surface area contributed by atoms with Crippen molar-refractivity contribution in [3.63, 3.8) is 0 Å². The van der Waals surface area contributed by atoms with Crippen molar-refractivity contribution in [3.05, 3.63) is 17.5 Å². The van der Waals surface area contributed by atoms with Crippen molar-refractivity contribution in [3.8, 4) is 0 Å². The van der Waals surface area contributed by atoms with Crippen LogP contribution in [-0.4, -0.2) is 15.5 Å². The highest BCUT2D eigenvalue weighted by Crippen LogP contribution is 2.42. The number of aryl methyl sites for hydroxylation is 2. The van der Waals surface area contributed by atoms with Crippen LogP contribution in [0.15, 0.2) is 11.2 Å². The number of nitrogens with zero attached hydrogens (tertiary/aromatic N) is 2. The lowest BCUT2D eigenvalue weighted by Crippen LogP contribution is -1.98. The minimum Gasteiger partial charge on any atom is -0.227 e. The van der Waals surface area contributed by atoms with Gasteiger partial charge in [-0.25, -0.2) is 9.97 Å². The second kappa shape index (κ2) is 4.39. The zero-order valence-electron chi connectivity index (χ0n) is 7.42. The van der Waals surface area contributed by atoms with Gasteiger partial charge in [0.25, 0.3) is 0 Å². The highest BCUT2D eigenvalue weighted by Gasteiger charge is 2.29. The monoisotopic (exact) mass is 240 g/mol. The lowest BCUT2D eigenvalue weighted by Gasteiger charge is -2.04. The Morgan fingerprint density at radius 3 is 2.07 bits per heavy atom. The van der Waals surface area contributed by atoms with Crippen LogP contribution in [0.3, 0.4) is 0 Å². The van der Waals surface area contributed by atoms with Crippen LogP contribution in [-0.2, 0) is 0 Å². The number of halogens is 3. The van der Waals surface area contributed by atoms with E-state index in [2.05, 4.69) is 9.97 Å². The van der Waals surface area contributed by atoms with Crippen LogP contribution in [0.4, 0.5) is 13.2 Å². The lowest BCUT2D eigenvalue weighted by atomic mass is 10.4. The Hall–Kier alpha value is -0.430. The van der Waals surface area contributed by atoms with E-state index >= 15 is 0 Å². The van der Waals surface area contributed by atoms with Crippen LogP contribution < -0.4 is 0 Å². The van der Waals surface area contributed by atoms with E-state index in [1.54, 1.807) is 19.9 Å². The molecule has 2 nitrogen and oxygen atoms in total. The van der Waals surface area contributed by atoms with E-state index in [1.165, 1.54) is 0 Å². The number of aromatic nitrogens is 2. The quantitative estimate of drug-likeness (QED) is 0.585. The van der Waals surface area contributed by atoms with E-state index in [-0.39, 0.29) is 16.0 Å². The van der Waals surface area contributed by atoms with Gasteiger partial charge in [0.1, 0.15) is 0 Å². The number of hydrogen-bond donors (Lipinski definition) is 0. The van der Waals surface area contributed by atoms with Crippen molar-refractivity contribution in [2.45, 2.75) is 24.5 Å². The number of alkyl halides is 3. The van der Waals surface area contributed by atoms with Crippen LogP contribution in [0.1, 0.15) is 11.4 Å². The van der Waals surface area contributed by atoms with Crippen molar-refractivity contribution < 1.29 is 13.2 Å². The van der Waals surface area contributed by atoms with Gasteiger partial charge >= 0.3 is 5.51 Å². The Bertz CT molecular complexity index is 307. The fourth-order valence-corrected chi connectivity index (χ4v) is 2.08. The molecule has 0 aliphatic carbocycles. The average molecular weight is 240 g/mol. The van der Waals surface area contributed by atoms with E-state index in [0.717, 1.165) is 0 Å². The molecule has 14 heavy (non-hydrogen) atoms. The zero-order chi connectivity index (χ0) is 10.8. The smallest absolute Gasteiger partial charge is 0.227 e. The van der Waals surface area contributed by atoms with Crippen LogP contribution >= 0.6 is 21.6 Å². The second-order valence-corrected chi connectivity index (χ2v) is 4.71. The summed E-state index contributed by atoms with van der Waals surface area (Å²) in [6, 6.07) is 1.71. The van der Waals surface area contributed by atoms with Crippen LogP contribution in [0.25, 0.3) is 0 Å². The van der Waals surface area contributed by atoms with E-state index in [1.807, 2.05) is 0 Å². The predicted molar refractivity (Wildman–Crippen MR) is 51.0 cm³/mol. The Balaban J connectivity index is 2.68. The molecule has 0 radical (unpaired) electrons. The van der Waals surface area contributed by atoms with Gasteiger partial charge in [-0.15, -0.1) is 0 Å². The molecule has 0 fully saturated rings. The maximum Gasteiger partial charge on any atom is 0.452 e. The van der Waals surface area contributed by atoms with Gasteiger partial charge in [-0.05, 0) is 30.7 Å². The van der Waals surface area contributed by atoms with E-state index < -0.39 is 5.51 Å². The molecule has 0 spiro atoms. The SMILES string of the molecule is Cc1cc(C)nc(SSC(F)(F)F)n1. The van der Waals surface area contributed by atoms with Crippen molar-refractivity contribution >= 4 is 21.6 Å². The number of hydrogen-bond acceptors (Lipinski definition) is 4. The van der Waals surface area contributed by atoms with Gasteiger partial charge in [0.05, 0.1) is 0 Å². The molecule has 0 saturated carbocycles. The van der Waals surface area contributed by atoms with Crippen molar-refractivity contribution in [2.24, 2.45) is 0 Å². The van der Waals surface area contributed by atoms with E-state index in [0.29, 0.717) is 22.2 Å². The standard InChI is InChI=1S/C7H7F3N2S2/c1-4-3-5(2)12-6(11-4)13-14-7(8,9)10/h3H,1-2H3. The third kappa shape index (κ3) is 4.19. The molecule has 0 aliphatic rings. The number of rotatable bonds is 2. The largest absolute Gasteiger partial charge is 0.452 e. The third-order valence-corrected chi connectivity index (χ3v) is 3.04. The minimum absolute atomic E-state index is 0.143. The summed E-state index contributed by atoms with van der Waals surface area (Å²) in [6.07, 6.45) is 0. The molecule has 1 aromatic rings. The van der Waals surface area contributed by atoms with Gasteiger partial charge in [0.2, 0.25) is 0 Å². The molecule has 0 atom stereocenters. The van der Waals surface area contributed by atoms with Gasteiger partial charge in [-0.1, -0.05) is 0 Å². The molecular formula is C7H7F3N2S2. The minimum atomic E-state index is -4.26. The maximum atomic E-state index is 11.8. The first-order valence-electron chi connectivity index (χ1n) is 3.61. The molecule has 0 N–H and O–H groups in total. The van der Waals surface area contributed by atoms with Crippen LogP contribution in [0.2, 0.25) is 0 Å². The molecule has 0 saturated heterocycles. The Labute approximate surface area is 87.1 Å². The lowest BCUT2D eigenvalue weighted by molar-refractivity contribution is -0.0311. The molecule has 1 rings (SSSR count). The van der Waals surface area contributed by atoms with Crippen molar-refractivity contribution in [1.29, 1.82) is 0 Å². The van der Waals surface area contributed by atoms with Crippen molar-refractivity contribution in [1.82, 2.24) is 9.97 Å². The first kappa shape index (κ1) is 11.6. The molecule has 1 heterocycles. The Kier molecular flexibility index (Phi) is 3.65. The molecule has 0 bridgehead atoms. The molecule has 0 amide bonds. The van der Waals surface area contributed by atoms with E-state index in [4.69, 9.17) is 0 Å². The third-order valence-electron chi connectivity index (χ3n) is 1.17. The van der Waals surface area contributed by atoms with Gasteiger partial charge < -0.3 is 0 Å². The van der Waals surface area contributed by atoms with Gasteiger partial charge in [-0.2, -0.15) is 13.2 Å². The summed E-state index contributed by atoms with van der Waals surface area (Å²) in [6.45, 7) is 3.44. The summed E-state index contributed by atoms with van der Waals surface area (Å²) in [5.74, 6) is 0. The Morgan fingerprint density at radius 2 is 1.64 bits per heavy atom. The second-order valence-electron chi connectivity index (χ2n) is 2.55. The molecule has 0 aliphatic heterocycles. The first-order valence-corrected chi connectivity index (χ1v) is 5.76. The molecule has 7 heteroatoms. The molecule has 0 unspecified atom stereocenters. The molecule has 0 aromatic carbocycles. The first-order chi connectivity index (χ1) is 6.37. The summed E-state index contributed by atoms with van der Waals surface area (Å²) in [5.41, 5.74) is -2.92. The van der Waals surface area contributed by atoms with E-state index in [9.17, 15) is 13.2 Å². The average Bonchev–Trinajstić information content (AvgIpc) is 1.97. The fraction of sp³-hybridized carbons (Fsp3) is 0.429. The zero-order valence-corrected chi connectivity index (χ0v) is 9.06. The topological polar surface area (TPSA) is 25.8 Å². The fourth-order valence-electron chi connectivity index (χ4n) is 0.815. The summed E-state index contributed by atoms with van der Waals surface area (Å²) >= 11 is 0. The van der Waals surface area contributed by atoms with Crippen LogP contribution in [0.5, 0.6) is 0 Å². The highest BCUT2D eigenvalue weighted by molar-refractivity contribution is 8.77. The van der Waals surface area contributed by atoms with Gasteiger partial charge in [0.15, 0.2) is 5.16 Å². The van der Waals surface area contributed by atoms with Crippen LogP contribution in [0, 0.1) is 13.8 Å². The summed E-state index contributed by atoms with van der Waals surface area (Å²) in [7, 11) is 0.321. The maximum absolute atomic E-state index is 11.8. The Morgan fingerprint density at radius 1 is 1.14 bits per heavy atom. The van der Waals surface area contributed by atoms with Gasteiger partial charge in [0, 0.05) is 22.2 Å².